The first-order valence-corrected chi connectivity index (χ1v) is 6.30. The lowest BCUT2D eigenvalue weighted by atomic mass is 10.3. The summed E-state index contributed by atoms with van der Waals surface area (Å²) in [7, 11) is 0. The summed E-state index contributed by atoms with van der Waals surface area (Å²) in [6, 6.07) is 1.60. The Labute approximate surface area is 111 Å². The summed E-state index contributed by atoms with van der Waals surface area (Å²) in [4.78, 5) is 20.2. The van der Waals surface area contributed by atoms with Gasteiger partial charge in [0.25, 0.3) is 0 Å². The van der Waals surface area contributed by atoms with E-state index in [1.54, 1.807) is 12.3 Å². The van der Waals surface area contributed by atoms with Gasteiger partial charge in [-0.15, -0.1) is 0 Å². The van der Waals surface area contributed by atoms with Crippen LogP contribution in [0.3, 0.4) is 0 Å². The van der Waals surface area contributed by atoms with Crippen LogP contribution >= 0.6 is 16.3 Å². The summed E-state index contributed by atoms with van der Waals surface area (Å²) in [5.74, 6) is 1.36. The molecule has 1 aliphatic heterocycles. The van der Waals surface area contributed by atoms with E-state index < -0.39 is 0 Å². The molecular weight excluding hydrogens is 302 g/mol. The Hall–Kier alpha value is -1.47. The molecule has 0 saturated carbocycles. The van der Waals surface area contributed by atoms with Gasteiger partial charge in [-0.1, -0.05) is 0 Å². The molecular formula is C11H12BrN3O3. The maximum Gasteiger partial charge on any atom is 0.207 e. The number of halogens is 1. The number of rotatable bonds is 2. The van der Waals surface area contributed by atoms with E-state index in [9.17, 15) is 4.79 Å². The molecule has 0 amide bonds. The van der Waals surface area contributed by atoms with Crippen molar-refractivity contribution >= 4 is 33.1 Å². The smallest absolute Gasteiger partial charge is 0.207 e. The number of H-pyrrole nitrogens is 2. The third-order valence-corrected chi connectivity index (χ3v) is 3.39. The Kier molecular flexibility index (Phi) is 3.00. The third kappa shape index (κ3) is 1.89. The molecule has 2 aromatic heterocycles. The SMILES string of the molecule is O=c1cc(N2CCOCC2)[nH]c2c(OBr)c[nH]c12. The number of ether oxygens (including phenoxy) is 1. The Bertz CT molecular complexity index is 616. The van der Waals surface area contributed by atoms with Crippen molar-refractivity contribution in [2.24, 2.45) is 0 Å². The van der Waals surface area contributed by atoms with Crippen molar-refractivity contribution in [2.75, 3.05) is 31.2 Å². The lowest BCUT2D eigenvalue weighted by Crippen LogP contribution is -2.37. The highest BCUT2D eigenvalue weighted by atomic mass is 79.9. The number of anilines is 1. The van der Waals surface area contributed by atoms with E-state index in [1.807, 2.05) is 0 Å². The molecule has 0 spiro atoms. The van der Waals surface area contributed by atoms with Crippen LogP contribution in [0.15, 0.2) is 17.1 Å². The van der Waals surface area contributed by atoms with Gasteiger partial charge in [-0.25, -0.2) is 0 Å². The van der Waals surface area contributed by atoms with Gasteiger partial charge in [-0.05, 0) is 0 Å². The molecule has 3 rings (SSSR count). The van der Waals surface area contributed by atoms with Gasteiger partial charge < -0.3 is 23.4 Å². The van der Waals surface area contributed by atoms with Crippen molar-refractivity contribution in [1.82, 2.24) is 9.97 Å². The number of aromatic nitrogens is 2. The molecule has 7 heteroatoms. The highest BCUT2D eigenvalue weighted by Gasteiger charge is 2.15. The Morgan fingerprint density at radius 1 is 1.33 bits per heavy atom. The molecule has 1 fully saturated rings. The van der Waals surface area contributed by atoms with Crippen molar-refractivity contribution in [3.8, 4) is 5.75 Å². The van der Waals surface area contributed by atoms with Crippen LogP contribution in [-0.2, 0) is 4.74 Å². The molecule has 0 aliphatic carbocycles. The second kappa shape index (κ2) is 4.66. The molecule has 18 heavy (non-hydrogen) atoms. The highest BCUT2D eigenvalue weighted by Crippen LogP contribution is 2.25. The number of hydrogen-bond acceptors (Lipinski definition) is 4. The van der Waals surface area contributed by atoms with Crippen molar-refractivity contribution in [2.45, 2.75) is 0 Å². The summed E-state index contributed by atoms with van der Waals surface area (Å²) in [5, 5.41) is 0. The van der Waals surface area contributed by atoms with E-state index >= 15 is 0 Å². The minimum Gasteiger partial charge on any atom is -0.414 e. The van der Waals surface area contributed by atoms with Gasteiger partial charge in [-0.2, -0.15) is 0 Å². The number of fused-ring (bicyclic) bond motifs is 1. The number of morpholine rings is 1. The van der Waals surface area contributed by atoms with E-state index in [0.717, 1.165) is 18.9 Å². The largest absolute Gasteiger partial charge is 0.414 e. The van der Waals surface area contributed by atoms with Gasteiger partial charge in [0.2, 0.25) is 5.43 Å². The maximum absolute atomic E-state index is 12.0. The van der Waals surface area contributed by atoms with Crippen LogP contribution in [0.2, 0.25) is 0 Å². The molecule has 3 heterocycles. The highest BCUT2D eigenvalue weighted by molar-refractivity contribution is 9.06. The maximum atomic E-state index is 12.0. The van der Waals surface area contributed by atoms with Gasteiger partial charge >= 0.3 is 0 Å². The van der Waals surface area contributed by atoms with Gasteiger partial charge in [0.05, 0.1) is 13.2 Å². The minimum atomic E-state index is -0.0546. The van der Waals surface area contributed by atoms with E-state index in [0.29, 0.717) is 30.0 Å². The molecule has 2 N–H and O–H groups in total. The lowest BCUT2D eigenvalue weighted by Gasteiger charge is -2.28. The summed E-state index contributed by atoms with van der Waals surface area (Å²) < 4.78 is 10.3. The molecule has 1 aliphatic rings. The fourth-order valence-electron chi connectivity index (χ4n) is 2.12. The monoisotopic (exact) mass is 313 g/mol. The predicted molar refractivity (Wildman–Crippen MR) is 71.5 cm³/mol. The van der Waals surface area contributed by atoms with Crippen molar-refractivity contribution in [3.05, 3.63) is 22.5 Å². The number of aromatic amines is 2. The van der Waals surface area contributed by atoms with E-state index in [4.69, 9.17) is 8.57 Å². The average molecular weight is 314 g/mol. The molecule has 0 bridgehead atoms. The summed E-state index contributed by atoms with van der Waals surface area (Å²) in [5.41, 5.74) is 1.13. The molecule has 96 valence electrons. The summed E-state index contributed by atoms with van der Waals surface area (Å²) >= 11 is 2.93. The van der Waals surface area contributed by atoms with Crippen molar-refractivity contribution in [1.29, 1.82) is 0 Å². The number of hydrogen-bond donors (Lipinski definition) is 2. The first kappa shape index (κ1) is 11.6. The molecule has 6 nitrogen and oxygen atoms in total. The van der Waals surface area contributed by atoms with E-state index in [1.165, 1.54) is 0 Å². The molecule has 2 aromatic rings. The quantitative estimate of drug-likeness (QED) is 0.879. The standard InChI is InChI=1S/C11H12BrN3O3/c12-18-8-6-13-10-7(16)5-9(14-11(8)10)15-1-3-17-4-2-15/h5-6,13H,1-4H2,(H,14,16). The van der Waals surface area contributed by atoms with E-state index in [-0.39, 0.29) is 5.43 Å². The van der Waals surface area contributed by atoms with Crippen LogP contribution in [0.25, 0.3) is 11.0 Å². The molecule has 1 saturated heterocycles. The van der Waals surface area contributed by atoms with Crippen LogP contribution < -0.4 is 14.2 Å². The average Bonchev–Trinajstić information content (AvgIpc) is 2.83. The van der Waals surface area contributed by atoms with Crippen LogP contribution in [0.5, 0.6) is 5.75 Å². The molecule has 0 atom stereocenters. The first-order valence-electron chi connectivity index (χ1n) is 5.65. The predicted octanol–water partition coefficient (Wildman–Crippen LogP) is 1.38. The van der Waals surface area contributed by atoms with Crippen LogP contribution in [0.1, 0.15) is 0 Å². The Morgan fingerprint density at radius 2 is 2.11 bits per heavy atom. The molecule has 0 radical (unpaired) electrons. The Balaban J connectivity index is 2.09. The van der Waals surface area contributed by atoms with Crippen LogP contribution in [-0.4, -0.2) is 36.3 Å². The second-order valence-corrected chi connectivity index (χ2v) is 4.42. The number of nitrogens with zero attached hydrogens (tertiary/aromatic N) is 1. The fraction of sp³-hybridized carbons (Fsp3) is 0.364. The van der Waals surface area contributed by atoms with Crippen molar-refractivity contribution in [3.63, 3.8) is 0 Å². The summed E-state index contributed by atoms with van der Waals surface area (Å²) in [6.07, 6.45) is 1.64. The normalized spacial score (nSPS) is 16.2. The third-order valence-electron chi connectivity index (χ3n) is 3.05. The van der Waals surface area contributed by atoms with Crippen LogP contribution in [0, 0.1) is 0 Å². The number of nitrogens with one attached hydrogen (secondary N) is 2. The molecule has 0 unspecified atom stereocenters. The Morgan fingerprint density at radius 3 is 2.83 bits per heavy atom. The first-order chi connectivity index (χ1) is 8.79. The topological polar surface area (TPSA) is 70.3 Å². The zero-order valence-electron chi connectivity index (χ0n) is 9.53. The van der Waals surface area contributed by atoms with E-state index in [2.05, 4.69) is 31.1 Å². The minimum absolute atomic E-state index is 0.0546. The van der Waals surface area contributed by atoms with Gasteiger partial charge in [-0.3, -0.25) is 4.79 Å². The lowest BCUT2D eigenvalue weighted by molar-refractivity contribution is 0.122. The van der Waals surface area contributed by atoms with Crippen molar-refractivity contribution < 1.29 is 8.57 Å². The zero-order chi connectivity index (χ0) is 12.5. The van der Waals surface area contributed by atoms with Crippen LogP contribution in [0.4, 0.5) is 5.82 Å². The van der Waals surface area contributed by atoms with Gasteiger partial charge in [0.15, 0.2) is 22.0 Å². The van der Waals surface area contributed by atoms with Gasteiger partial charge in [0, 0.05) is 25.4 Å². The van der Waals surface area contributed by atoms with Gasteiger partial charge in [0.1, 0.15) is 16.9 Å². The fourth-order valence-corrected chi connectivity index (χ4v) is 2.37. The zero-order valence-corrected chi connectivity index (χ0v) is 11.1. The molecule has 0 aromatic carbocycles. The summed E-state index contributed by atoms with van der Waals surface area (Å²) in [6.45, 7) is 2.90. The second-order valence-electron chi connectivity index (χ2n) is 4.10. The number of pyridine rings is 1.